The number of pyridine rings is 1. The Balaban J connectivity index is 1.90. The van der Waals surface area contributed by atoms with Crippen molar-refractivity contribution in [2.45, 2.75) is 37.6 Å². The zero-order valence-electron chi connectivity index (χ0n) is 24.7. The number of anilines is 2. The Labute approximate surface area is 253 Å². The third-order valence-corrected chi connectivity index (χ3v) is 8.87. The van der Waals surface area contributed by atoms with E-state index in [-0.39, 0.29) is 76.2 Å². The van der Waals surface area contributed by atoms with Gasteiger partial charge in [0, 0.05) is 37.6 Å². The Morgan fingerprint density at radius 2 is 1.82 bits per heavy atom. The summed E-state index contributed by atoms with van der Waals surface area (Å²) in [4.78, 5) is 38.4. The lowest BCUT2D eigenvalue weighted by Gasteiger charge is -2.40. The maximum absolute atomic E-state index is 16.0. The fourth-order valence-electron chi connectivity index (χ4n) is 5.64. The molecule has 0 radical (unpaired) electrons. The summed E-state index contributed by atoms with van der Waals surface area (Å²) in [5, 5.41) is 0.0918. The van der Waals surface area contributed by atoms with Crippen LogP contribution in [0.1, 0.15) is 32.3 Å². The van der Waals surface area contributed by atoms with Gasteiger partial charge in [-0.25, -0.2) is 31.5 Å². The van der Waals surface area contributed by atoms with E-state index in [1.165, 1.54) is 24.3 Å². The molecule has 1 aliphatic heterocycles. The van der Waals surface area contributed by atoms with E-state index in [9.17, 15) is 18.0 Å². The molecule has 1 fully saturated rings. The molecule has 3 heterocycles. The number of hydrogen-bond donors (Lipinski definition) is 1. The van der Waals surface area contributed by atoms with Crippen molar-refractivity contribution in [2.24, 2.45) is 0 Å². The fraction of sp³-hybridized carbons (Fsp3) is 0.290. The minimum atomic E-state index is -3.89. The monoisotopic (exact) mass is 622 g/mol. The molecule has 2 aromatic carbocycles. The lowest BCUT2D eigenvalue weighted by molar-refractivity contribution is -0.126. The summed E-state index contributed by atoms with van der Waals surface area (Å²) in [7, 11) is -3.89. The maximum atomic E-state index is 16.0. The normalized spacial score (nSPS) is 15.7. The van der Waals surface area contributed by atoms with Crippen LogP contribution in [0, 0.1) is 11.6 Å². The average molecular weight is 623 g/mol. The van der Waals surface area contributed by atoms with Gasteiger partial charge in [-0.15, -0.1) is 0 Å². The second kappa shape index (κ2) is 11.5. The van der Waals surface area contributed by atoms with Crippen LogP contribution in [-0.4, -0.2) is 65.7 Å². The van der Waals surface area contributed by atoms with Crippen molar-refractivity contribution in [1.29, 1.82) is 0 Å². The highest BCUT2D eigenvalue weighted by Gasteiger charge is 2.31. The number of fused-ring (bicyclic) bond motifs is 1. The summed E-state index contributed by atoms with van der Waals surface area (Å²) >= 11 is 0. The minimum absolute atomic E-state index is 0.0278. The number of halogens is 2. The van der Waals surface area contributed by atoms with Gasteiger partial charge in [-0.3, -0.25) is 4.79 Å². The Kier molecular flexibility index (Phi) is 8.02. The molecule has 0 aliphatic carbocycles. The molecule has 0 spiro atoms. The summed E-state index contributed by atoms with van der Waals surface area (Å²) in [5.41, 5.74) is 4.77. The summed E-state index contributed by atoms with van der Waals surface area (Å²) in [6.07, 6.45) is 2.24. The van der Waals surface area contributed by atoms with Crippen molar-refractivity contribution in [3.8, 4) is 16.9 Å². The zero-order valence-corrected chi connectivity index (χ0v) is 25.5. The molecule has 2 aromatic heterocycles. The number of amides is 1. The number of nitrogen functional groups attached to an aromatic ring is 1. The first-order valence-electron chi connectivity index (χ1n) is 13.9. The Morgan fingerprint density at radius 1 is 1.11 bits per heavy atom. The van der Waals surface area contributed by atoms with E-state index < -0.39 is 32.9 Å². The molecule has 0 unspecified atom stereocenters. The van der Waals surface area contributed by atoms with Gasteiger partial charge in [0.25, 0.3) is 0 Å². The summed E-state index contributed by atoms with van der Waals surface area (Å²) in [6, 6.07) is 9.29. The predicted molar refractivity (Wildman–Crippen MR) is 166 cm³/mol. The molecule has 44 heavy (non-hydrogen) atoms. The van der Waals surface area contributed by atoms with E-state index in [0.717, 1.165) is 23.0 Å². The van der Waals surface area contributed by atoms with Crippen LogP contribution >= 0.6 is 0 Å². The number of carbonyl (C=O) groups is 1. The highest BCUT2D eigenvalue weighted by atomic mass is 32.2. The molecule has 1 amide bonds. The summed E-state index contributed by atoms with van der Waals surface area (Å²) in [6.45, 7) is 9.87. The highest BCUT2D eigenvalue weighted by molar-refractivity contribution is 7.90. The number of hydrogen-bond acceptors (Lipinski definition) is 8. The first kappa shape index (κ1) is 30.8. The SMILES string of the molecule is C=CC(=O)N1CCN(c2nc(=O)n(-c3c(C(C)C)cccc3S(C)(=O)=O)c3nc(-c4c(N)cccc4F)c(F)cc23)[C@@H](C)C1. The second-order valence-corrected chi connectivity index (χ2v) is 13.1. The number of rotatable bonds is 6. The van der Waals surface area contributed by atoms with Crippen molar-refractivity contribution in [2.75, 3.05) is 36.5 Å². The number of nitrogens with two attached hydrogens (primary N) is 1. The van der Waals surface area contributed by atoms with Crippen molar-refractivity contribution in [1.82, 2.24) is 19.4 Å². The third-order valence-electron chi connectivity index (χ3n) is 7.75. The van der Waals surface area contributed by atoms with Crippen molar-refractivity contribution < 1.29 is 22.0 Å². The standard InChI is InChI=1S/C31H32F2N6O4S/c1-6-25(40)37-13-14-38(18(4)16-37)29-20-15-22(33)27(26-21(32)10-8-11-23(26)34)35-30(20)39(31(41)36-29)28-19(17(2)3)9-7-12-24(28)44(5,42)43/h6-12,15,17-18H,1,13-14,16,34H2,2-5H3/t18-/m0/s1. The van der Waals surface area contributed by atoms with E-state index in [2.05, 4.69) is 16.5 Å². The molecule has 230 valence electrons. The van der Waals surface area contributed by atoms with Crippen LogP contribution < -0.4 is 16.3 Å². The van der Waals surface area contributed by atoms with Crippen molar-refractivity contribution in [3.05, 3.63) is 82.8 Å². The van der Waals surface area contributed by atoms with Gasteiger partial charge >= 0.3 is 5.69 Å². The van der Waals surface area contributed by atoms with E-state index in [0.29, 0.717) is 5.56 Å². The van der Waals surface area contributed by atoms with Gasteiger partial charge in [0.15, 0.2) is 21.3 Å². The average Bonchev–Trinajstić information content (AvgIpc) is 2.96. The van der Waals surface area contributed by atoms with Gasteiger partial charge in [0.05, 0.1) is 21.5 Å². The topological polar surface area (TPSA) is 131 Å². The largest absolute Gasteiger partial charge is 0.398 e. The fourth-order valence-corrected chi connectivity index (χ4v) is 6.52. The van der Waals surface area contributed by atoms with Crippen LogP contribution in [0.3, 0.4) is 0 Å². The number of para-hydroxylation sites is 1. The number of nitrogens with zero attached hydrogens (tertiary/aromatic N) is 5. The van der Waals surface area contributed by atoms with Crippen LogP contribution in [0.2, 0.25) is 0 Å². The lowest BCUT2D eigenvalue weighted by atomic mass is 10.0. The van der Waals surface area contributed by atoms with Gasteiger partial charge in [0.1, 0.15) is 17.3 Å². The molecular formula is C31H32F2N6O4S. The molecule has 2 N–H and O–H groups in total. The molecule has 1 aliphatic rings. The summed E-state index contributed by atoms with van der Waals surface area (Å²) < 4.78 is 58.1. The Hall–Kier alpha value is -4.65. The van der Waals surface area contributed by atoms with E-state index in [1.54, 1.807) is 21.9 Å². The number of carbonyl (C=O) groups excluding carboxylic acids is 1. The van der Waals surface area contributed by atoms with Gasteiger partial charge in [-0.1, -0.05) is 38.6 Å². The number of benzene rings is 2. The number of sulfone groups is 1. The Bertz CT molecular complexity index is 1970. The summed E-state index contributed by atoms with van der Waals surface area (Å²) in [5.74, 6) is -2.14. The van der Waals surface area contributed by atoms with Gasteiger partial charge in [-0.05, 0) is 48.7 Å². The Morgan fingerprint density at radius 3 is 2.43 bits per heavy atom. The number of aromatic nitrogens is 3. The number of piperazine rings is 1. The first-order valence-corrected chi connectivity index (χ1v) is 15.8. The molecule has 1 saturated heterocycles. The molecule has 13 heteroatoms. The minimum Gasteiger partial charge on any atom is -0.398 e. The quantitative estimate of drug-likeness (QED) is 0.252. The zero-order chi connectivity index (χ0) is 32.1. The van der Waals surface area contributed by atoms with Crippen LogP contribution in [-0.2, 0) is 14.6 Å². The van der Waals surface area contributed by atoms with Gasteiger partial charge < -0.3 is 15.5 Å². The van der Waals surface area contributed by atoms with Gasteiger partial charge in [0.2, 0.25) is 5.91 Å². The van der Waals surface area contributed by atoms with E-state index in [4.69, 9.17) is 5.73 Å². The second-order valence-electron chi connectivity index (χ2n) is 11.1. The molecule has 5 rings (SSSR count). The van der Waals surface area contributed by atoms with E-state index in [1.807, 2.05) is 20.8 Å². The van der Waals surface area contributed by atoms with Crippen molar-refractivity contribution in [3.63, 3.8) is 0 Å². The predicted octanol–water partition coefficient (Wildman–Crippen LogP) is 4.06. The molecule has 4 aromatic rings. The van der Waals surface area contributed by atoms with E-state index >= 15 is 8.78 Å². The smallest absolute Gasteiger partial charge is 0.355 e. The van der Waals surface area contributed by atoms with Crippen LogP contribution in [0.4, 0.5) is 20.3 Å². The molecule has 1 atom stereocenters. The third kappa shape index (κ3) is 5.32. The van der Waals surface area contributed by atoms with Gasteiger partial charge in [-0.2, -0.15) is 4.98 Å². The lowest BCUT2D eigenvalue weighted by Crippen LogP contribution is -2.54. The molecular weight excluding hydrogens is 590 g/mol. The van der Waals surface area contributed by atoms with Crippen LogP contribution in [0.25, 0.3) is 28.0 Å². The molecule has 0 bridgehead atoms. The first-order chi connectivity index (χ1) is 20.7. The van der Waals surface area contributed by atoms with Crippen molar-refractivity contribution >= 4 is 38.3 Å². The maximum Gasteiger partial charge on any atom is 0.355 e. The van der Waals surface area contributed by atoms with Crippen LogP contribution in [0.15, 0.2) is 64.8 Å². The molecule has 10 nitrogen and oxygen atoms in total. The highest BCUT2D eigenvalue weighted by Crippen LogP contribution is 2.36. The van der Waals surface area contributed by atoms with Crippen LogP contribution in [0.5, 0.6) is 0 Å². The molecule has 0 saturated carbocycles.